The van der Waals surface area contributed by atoms with Crippen LogP contribution in [-0.2, 0) is 4.43 Å². The Balaban J connectivity index is 2.80. The maximum atomic E-state index is 5.99. The van der Waals surface area contributed by atoms with Crippen LogP contribution in [0.1, 0.15) is 31.7 Å². The van der Waals surface area contributed by atoms with E-state index in [0.717, 1.165) is 12.2 Å². The summed E-state index contributed by atoms with van der Waals surface area (Å²) in [4.78, 5) is 0. The summed E-state index contributed by atoms with van der Waals surface area (Å²) < 4.78 is 5.99. The van der Waals surface area contributed by atoms with Crippen LogP contribution in [0.2, 0.25) is 19.6 Å². The highest BCUT2D eigenvalue weighted by Gasteiger charge is 2.16. The van der Waals surface area contributed by atoms with Gasteiger partial charge in [0.15, 0.2) is 0 Å². The third-order valence-electron chi connectivity index (χ3n) is 2.57. The van der Waals surface area contributed by atoms with Crippen molar-refractivity contribution in [1.29, 1.82) is 0 Å². The molecule has 0 radical (unpaired) electrons. The van der Waals surface area contributed by atoms with E-state index >= 15 is 0 Å². The maximum Gasteiger partial charge on any atom is 0.241 e. The standard InChI is InChI=1S/C15H24OSi/c1-6-14(15-10-8-7-9-11-15)12-13(2)16-17(3,4)5/h7-12,14H,6H2,1-5H3/b13-12-. The van der Waals surface area contributed by atoms with Crippen LogP contribution in [-0.4, -0.2) is 8.32 Å². The van der Waals surface area contributed by atoms with Crippen molar-refractivity contribution in [2.45, 2.75) is 45.8 Å². The molecule has 0 saturated heterocycles. The zero-order valence-electron chi connectivity index (χ0n) is 11.7. The molecule has 0 fully saturated rings. The van der Waals surface area contributed by atoms with Gasteiger partial charge < -0.3 is 4.43 Å². The fourth-order valence-corrected chi connectivity index (χ4v) is 2.98. The van der Waals surface area contributed by atoms with E-state index in [1.54, 1.807) is 0 Å². The highest BCUT2D eigenvalue weighted by atomic mass is 28.4. The molecule has 0 aromatic heterocycles. The van der Waals surface area contributed by atoms with Crippen molar-refractivity contribution in [1.82, 2.24) is 0 Å². The number of hydrogen-bond donors (Lipinski definition) is 0. The second-order valence-corrected chi connectivity index (χ2v) is 9.85. The van der Waals surface area contributed by atoms with Gasteiger partial charge in [-0.1, -0.05) is 37.3 Å². The Hall–Kier alpha value is -1.02. The number of hydrogen-bond acceptors (Lipinski definition) is 1. The molecule has 0 saturated carbocycles. The summed E-state index contributed by atoms with van der Waals surface area (Å²) in [5, 5.41) is 0. The number of allylic oxidation sites excluding steroid dienone is 2. The van der Waals surface area contributed by atoms with Crippen molar-refractivity contribution in [3.63, 3.8) is 0 Å². The minimum absolute atomic E-state index is 0.465. The summed E-state index contributed by atoms with van der Waals surface area (Å²) in [6.07, 6.45) is 3.37. The lowest BCUT2D eigenvalue weighted by atomic mass is 9.96. The number of rotatable bonds is 5. The first kappa shape index (κ1) is 14.0. The van der Waals surface area contributed by atoms with Crippen molar-refractivity contribution in [2.75, 3.05) is 0 Å². The van der Waals surface area contributed by atoms with E-state index in [-0.39, 0.29) is 0 Å². The molecule has 0 aliphatic heterocycles. The molecular formula is C15H24OSi. The van der Waals surface area contributed by atoms with Crippen molar-refractivity contribution in [3.05, 3.63) is 47.7 Å². The van der Waals surface area contributed by atoms with Crippen LogP contribution in [0.5, 0.6) is 0 Å². The molecule has 0 bridgehead atoms. The summed E-state index contributed by atoms with van der Waals surface area (Å²) in [5.74, 6) is 1.53. The van der Waals surface area contributed by atoms with E-state index in [4.69, 9.17) is 4.43 Å². The van der Waals surface area contributed by atoms with Crippen LogP contribution in [0.25, 0.3) is 0 Å². The molecule has 2 heteroatoms. The van der Waals surface area contributed by atoms with Gasteiger partial charge in [-0.3, -0.25) is 0 Å². The Morgan fingerprint density at radius 3 is 2.29 bits per heavy atom. The molecule has 0 N–H and O–H groups in total. The SMILES string of the molecule is CCC(/C=C(/C)O[Si](C)(C)C)c1ccccc1. The highest BCUT2D eigenvalue weighted by molar-refractivity contribution is 6.70. The molecule has 1 rings (SSSR count). The van der Waals surface area contributed by atoms with Gasteiger partial charge in [-0.25, -0.2) is 0 Å². The van der Waals surface area contributed by atoms with Gasteiger partial charge in [-0.15, -0.1) is 0 Å². The van der Waals surface area contributed by atoms with E-state index < -0.39 is 8.32 Å². The normalized spacial score (nSPS) is 14.5. The minimum Gasteiger partial charge on any atom is -0.548 e. The molecule has 1 nitrogen and oxygen atoms in total. The van der Waals surface area contributed by atoms with Crippen LogP contribution in [0.15, 0.2) is 42.2 Å². The predicted octanol–water partition coefficient (Wildman–Crippen LogP) is 4.94. The van der Waals surface area contributed by atoms with Crippen molar-refractivity contribution in [2.24, 2.45) is 0 Å². The third-order valence-corrected chi connectivity index (χ3v) is 3.50. The Morgan fingerprint density at radius 2 is 1.82 bits per heavy atom. The van der Waals surface area contributed by atoms with Crippen LogP contribution in [0.4, 0.5) is 0 Å². The van der Waals surface area contributed by atoms with E-state index in [0.29, 0.717) is 5.92 Å². The summed E-state index contributed by atoms with van der Waals surface area (Å²) in [6, 6.07) is 10.6. The van der Waals surface area contributed by atoms with Crippen LogP contribution in [0.3, 0.4) is 0 Å². The molecule has 1 unspecified atom stereocenters. The molecule has 1 aromatic rings. The summed E-state index contributed by atoms with van der Waals surface area (Å²) in [6.45, 7) is 10.9. The lowest BCUT2D eigenvalue weighted by Crippen LogP contribution is -2.24. The maximum absolute atomic E-state index is 5.99. The van der Waals surface area contributed by atoms with Crippen LogP contribution >= 0.6 is 0 Å². The van der Waals surface area contributed by atoms with E-state index in [9.17, 15) is 0 Å². The zero-order chi connectivity index (χ0) is 12.9. The van der Waals surface area contributed by atoms with Gasteiger partial charge in [0, 0.05) is 5.92 Å². The molecule has 0 aliphatic carbocycles. The van der Waals surface area contributed by atoms with E-state index in [1.165, 1.54) is 5.56 Å². The second-order valence-electron chi connectivity index (χ2n) is 5.42. The first-order valence-electron chi connectivity index (χ1n) is 6.34. The van der Waals surface area contributed by atoms with E-state index in [2.05, 4.69) is 69.9 Å². The Bertz CT molecular complexity index is 362. The number of benzene rings is 1. The third kappa shape index (κ3) is 5.22. The van der Waals surface area contributed by atoms with Crippen LogP contribution < -0.4 is 0 Å². The van der Waals surface area contributed by atoms with Crippen molar-refractivity contribution < 1.29 is 4.43 Å². The van der Waals surface area contributed by atoms with Gasteiger partial charge >= 0.3 is 0 Å². The molecule has 0 amide bonds. The quantitative estimate of drug-likeness (QED) is 0.530. The fourth-order valence-electron chi connectivity index (χ4n) is 1.95. The molecule has 94 valence electrons. The lowest BCUT2D eigenvalue weighted by Gasteiger charge is -2.21. The first-order valence-corrected chi connectivity index (χ1v) is 9.75. The average Bonchev–Trinajstić information content (AvgIpc) is 2.24. The van der Waals surface area contributed by atoms with E-state index in [1.807, 2.05) is 0 Å². The predicted molar refractivity (Wildman–Crippen MR) is 77.7 cm³/mol. The molecule has 1 aromatic carbocycles. The Labute approximate surface area is 107 Å². The first-order chi connectivity index (χ1) is 7.92. The molecular weight excluding hydrogens is 224 g/mol. The van der Waals surface area contributed by atoms with Crippen LogP contribution in [0, 0.1) is 0 Å². The van der Waals surface area contributed by atoms with Gasteiger partial charge in [0.2, 0.25) is 8.32 Å². The monoisotopic (exact) mass is 248 g/mol. The Kier molecular flexibility index (Phi) is 5.00. The van der Waals surface area contributed by atoms with Gasteiger partial charge in [0.05, 0.1) is 5.76 Å². The zero-order valence-corrected chi connectivity index (χ0v) is 12.7. The van der Waals surface area contributed by atoms with Gasteiger partial charge in [0.1, 0.15) is 0 Å². The molecule has 1 atom stereocenters. The Morgan fingerprint density at radius 1 is 1.24 bits per heavy atom. The topological polar surface area (TPSA) is 9.23 Å². The second kappa shape index (κ2) is 6.06. The fraction of sp³-hybridized carbons (Fsp3) is 0.467. The lowest BCUT2D eigenvalue weighted by molar-refractivity contribution is 0.419. The summed E-state index contributed by atoms with van der Waals surface area (Å²) in [5.41, 5.74) is 1.37. The largest absolute Gasteiger partial charge is 0.548 e. The van der Waals surface area contributed by atoms with Gasteiger partial charge in [-0.05, 0) is 44.6 Å². The van der Waals surface area contributed by atoms with Crippen molar-refractivity contribution >= 4 is 8.32 Å². The average molecular weight is 248 g/mol. The summed E-state index contributed by atoms with van der Waals surface area (Å²) in [7, 11) is -1.47. The smallest absolute Gasteiger partial charge is 0.241 e. The minimum atomic E-state index is -1.47. The van der Waals surface area contributed by atoms with Gasteiger partial charge in [0.25, 0.3) is 0 Å². The molecule has 0 aliphatic rings. The molecule has 17 heavy (non-hydrogen) atoms. The molecule has 0 spiro atoms. The van der Waals surface area contributed by atoms with Crippen molar-refractivity contribution in [3.8, 4) is 0 Å². The highest BCUT2D eigenvalue weighted by Crippen LogP contribution is 2.23. The summed E-state index contributed by atoms with van der Waals surface area (Å²) >= 11 is 0. The molecule has 0 heterocycles. The van der Waals surface area contributed by atoms with Gasteiger partial charge in [-0.2, -0.15) is 0 Å².